The lowest BCUT2D eigenvalue weighted by molar-refractivity contribution is 0.102. The zero-order chi connectivity index (χ0) is 15.2. The van der Waals surface area contributed by atoms with E-state index in [0.717, 1.165) is 12.2 Å². The Balaban J connectivity index is 2.05. The molecule has 5 heteroatoms. The van der Waals surface area contributed by atoms with E-state index in [4.69, 9.17) is 4.74 Å². The molecule has 21 heavy (non-hydrogen) atoms. The first-order valence-corrected chi connectivity index (χ1v) is 6.81. The van der Waals surface area contributed by atoms with Crippen LogP contribution in [0.5, 0.6) is 5.75 Å². The number of hydrogen-bond donors (Lipinski definition) is 1. The van der Waals surface area contributed by atoms with E-state index in [-0.39, 0.29) is 11.5 Å². The van der Waals surface area contributed by atoms with Crippen LogP contribution in [0.3, 0.4) is 0 Å². The molecule has 1 aromatic carbocycles. The van der Waals surface area contributed by atoms with Gasteiger partial charge in [0, 0.05) is 30.6 Å². The van der Waals surface area contributed by atoms with E-state index >= 15 is 0 Å². The van der Waals surface area contributed by atoms with E-state index in [2.05, 4.69) is 5.32 Å². The van der Waals surface area contributed by atoms with Gasteiger partial charge in [0.15, 0.2) is 0 Å². The summed E-state index contributed by atoms with van der Waals surface area (Å²) in [6, 6.07) is 10.1. The van der Waals surface area contributed by atoms with Crippen LogP contribution >= 0.6 is 0 Å². The first-order chi connectivity index (χ1) is 10.1. The van der Waals surface area contributed by atoms with Gasteiger partial charge in [0.05, 0.1) is 6.61 Å². The molecule has 1 heterocycles. The molecular weight excluding hydrogens is 268 g/mol. The predicted octanol–water partition coefficient (Wildman–Crippen LogP) is 2.43. The molecule has 0 aliphatic rings. The first kappa shape index (κ1) is 14.8. The third kappa shape index (κ3) is 3.95. The van der Waals surface area contributed by atoms with Crippen LogP contribution in [0.1, 0.15) is 23.7 Å². The Morgan fingerprint density at radius 2 is 1.95 bits per heavy atom. The lowest BCUT2D eigenvalue weighted by atomic mass is 10.2. The summed E-state index contributed by atoms with van der Waals surface area (Å²) < 4.78 is 6.89. The molecule has 5 nitrogen and oxygen atoms in total. The highest BCUT2D eigenvalue weighted by atomic mass is 16.5. The van der Waals surface area contributed by atoms with Crippen LogP contribution in [0.15, 0.2) is 47.4 Å². The van der Waals surface area contributed by atoms with Crippen LogP contribution in [0.2, 0.25) is 0 Å². The highest BCUT2D eigenvalue weighted by Crippen LogP contribution is 2.16. The summed E-state index contributed by atoms with van der Waals surface area (Å²) >= 11 is 0. The molecule has 0 aliphatic carbocycles. The lowest BCUT2D eigenvalue weighted by Crippen LogP contribution is -2.19. The Morgan fingerprint density at radius 1 is 1.24 bits per heavy atom. The quantitative estimate of drug-likeness (QED) is 0.918. The van der Waals surface area contributed by atoms with Gasteiger partial charge in [0.2, 0.25) is 0 Å². The van der Waals surface area contributed by atoms with Crippen molar-refractivity contribution in [3.05, 3.63) is 58.5 Å². The highest BCUT2D eigenvalue weighted by molar-refractivity contribution is 6.04. The second-order valence-corrected chi connectivity index (χ2v) is 4.69. The maximum Gasteiger partial charge on any atom is 0.255 e. The van der Waals surface area contributed by atoms with Crippen molar-refractivity contribution in [1.82, 2.24) is 4.57 Å². The maximum atomic E-state index is 12.0. The number of aryl methyl sites for hydroxylation is 1. The number of carbonyl (C=O) groups is 1. The van der Waals surface area contributed by atoms with E-state index in [1.807, 2.05) is 6.92 Å². The zero-order valence-corrected chi connectivity index (χ0v) is 12.1. The van der Waals surface area contributed by atoms with Crippen molar-refractivity contribution in [1.29, 1.82) is 0 Å². The summed E-state index contributed by atoms with van der Waals surface area (Å²) in [5.41, 5.74) is 0.778. The normalized spacial score (nSPS) is 10.2. The second-order valence-electron chi connectivity index (χ2n) is 4.69. The zero-order valence-electron chi connectivity index (χ0n) is 12.1. The summed E-state index contributed by atoms with van der Waals surface area (Å²) in [5, 5.41) is 2.75. The van der Waals surface area contributed by atoms with Crippen molar-refractivity contribution in [3.63, 3.8) is 0 Å². The fourth-order valence-corrected chi connectivity index (χ4v) is 1.75. The van der Waals surface area contributed by atoms with Gasteiger partial charge in [0.25, 0.3) is 11.5 Å². The van der Waals surface area contributed by atoms with Crippen LogP contribution < -0.4 is 15.6 Å². The Hall–Kier alpha value is -2.56. The number of rotatable bonds is 5. The Bertz CT molecular complexity index is 675. The fourth-order valence-electron chi connectivity index (χ4n) is 1.75. The van der Waals surface area contributed by atoms with E-state index in [0.29, 0.717) is 17.9 Å². The number of hydrogen-bond acceptors (Lipinski definition) is 3. The van der Waals surface area contributed by atoms with E-state index in [1.165, 1.54) is 10.6 Å². The summed E-state index contributed by atoms with van der Waals surface area (Å²) in [7, 11) is 1.64. The SMILES string of the molecule is CCCOc1ccc(NC(=O)c2ccn(C)c(=O)c2)cc1. The average molecular weight is 286 g/mol. The molecule has 0 bridgehead atoms. The van der Waals surface area contributed by atoms with Crippen molar-refractivity contribution in [2.24, 2.45) is 7.05 Å². The molecule has 0 saturated heterocycles. The van der Waals surface area contributed by atoms with Crippen molar-refractivity contribution in [2.75, 3.05) is 11.9 Å². The smallest absolute Gasteiger partial charge is 0.255 e. The summed E-state index contributed by atoms with van der Waals surface area (Å²) in [4.78, 5) is 23.6. The van der Waals surface area contributed by atoms with Gasteiger partial charge < -0.3 is 14.6 Å². The van der Waals surface area contributed by atoms with E-state index < -0.39 is 0 Å². The summed E-state index contributed by atoms with van der Waals surface area (Å²) in [6.07, 6.45) is 2.51. The second kappa shape index (κ2) is 6.74. The number of benzene rings is 1. The number of carbonyl (C=O) groups excluding carboxylic acids is 1. The topological polar surface area (TPSA) is 60.3 Å². The Morgan fingerprint density at radius 3 is 2.57 bits per heavy atom. The predicted molar refractivity (Wildman–Crippen MR) is 81.9 cm³/mol. The summed E-state index contributed by atoms with van der Waals surface area (Å²) in [5.74, 6) is 0.457. The van der Waals surface area contributed by atoms with Crippen molar-refractivity contribution < 1.29 is 9.53 Å². The molecule has 110 valence electrons. The molecule has 0 atom stereocenters. The van der Waals surface area contributed by atoms with Crippen molar-refractivity contribution in [2.45, 2.75) is 13.3 Å². The molecule has 0 saturated carbocycles. The molecule has 1 aromatic heterocycles. The van der Waals surface area contributed by atoms with Gasteiger partial charge in [-0.1, -0.05) is 6.92 Å². The number of pyridine rings is 1. The third-order valence-corrected chi connectivity index (χ3v) is 2.95. The van der Waals surface area contributed by atoms with Crippen molar-refractivity contribution >= 4 is 11.6 Å². The van der Waals surface area contributed by atoms with Crippen LogP contribution in [0.25, 0.3) is 0 Å². The van der Waals surface area contributed by atoms with Gasteiger partial charge in [-0.05, 0) is 36.8 Å². The van der Waals surface area contributed by atoms with Crippen LogP contribution in [0, 0.1) is 0 Å². The molecule has 0 fully saturated rings. The Labute approximate surface area is 123 Å². The number of nitrogens with one attached hydrogen (secondary N) is 1. The molecule has 1 amide bonds. The summed E-state index contributed by atoms with van der Waals surface area (Å²) in [6.45, 7) is 2.71. The Kier molecular flexibility index (Phi) is 4.77. The molecule has 0 spiro atoms. The highest BCUT2D eigenvalue weighted by Gasteiger charge is 2.07. The monoisotopic (exact) mass is 286 g/mol. The van der Waals surface area contributed by atoms with Gasteiger partial charge in [-0.2, -0.15) is 0 Å². The standard InChI is InChI=1S/C16H18N2O3/c1-3-10-21-14-6-4-13(5-7-14)17-16(20)12-8-9-18(2)15(19)11-12/h4-9,11H,3,10H2,1-2H3,(H,17,20). The fraction of sp³-hybridized carbons (Fsp3) is 0.250. The molecular formula is C16H18N2O3. The molecule has 1 N–H and O–H groups in total. The molecule has 2 rings (SSSR count). The van der Waals surface area contributed by atoms with Gasteiger partial charge in [0.1, 0.15) is 5.75 Å². The minimum atomic E-state index is -0.310. The molecule has 2 aromatic rings. The lowest BCUT2D eigenvalue weighted by Gasteiger charge is -2.08. The average Bonchev–Trinajstić information content (AvgIpc) is 2.49. The number of aromatic nitrogens is 1. The maximum absolute atomic E-state index is 12.0. The number of anilines is 1. The van der Waals surface area contributed by atoms with E-state index in [1.54, 1.807) is 43.6 Å². The van der Waals surface area contributed by atoms with E-state index in [9.17, 15) is 9.59 Å². The van der Waals surface area contributed by atoms with Crippen LogP contribution in [-0.2, 0) is 7.05 Å². The first-order valence-electron chi connectivity index (χ1n) is 6.81. The van der Waals surface area contributed by atoms with Gasteiger partial charge in [-0.25, -0.2) is 0 Å². The molecule has 0 unspecified atom stereocenters. The third-order valence-electron chi connectivity index (χ3n) is 2.95. The minimum absolute atomic E-state index is 0.217. The van der Waals surface area contributed by atoms with Gasteiger partial charge >= 0.3 is 0 Å². The number of amides is 1. The number of ether oxygens (including phenoxy) is 1. The largest absolute Gasteiger partial charge is 0.494 e. The van der Waals surface area contributed by atoms with Gasteiger partial charge in [-0.3, -0.25) is 9.59 Å². The van der Waals surface area contributed by atoms with Crippen molar-refractivity contribution in [3.8, 4) is 5.75 Å². The number of nitrogens with zero attached hydrogens (tertiary/aromatic N) is 1. The minimum Gasteiger partial charge on any atom is -0.494 e. The van der Waals surface area contributed by atoms with Crippen LogP contribution in [0.4, 0.5) is 5.69 Å². The molecule has 0 radical (unpaired) electrons. The van der Waals surface area contributed by atoms with Crippen LogP contribution in [-0.4, -0.2) is 17.1 Å². The molecule has 0 aliphatic heterocycles. The van der Waals surface area contributed by atoms with Gasteiger partial charge in [-0.15, -0.1) is 0 Å².